The van der Waals surface area contributed by atoms with Crippen LogP contribution in [0.2, 0.25) is 10.0 Å². The fraction of sp³-hybridized carbons (Fsp3) is 0.500. The van der Waals surface area contributed by atoms with Crippen LogP contribution < -0.4 is 0 Å². The molecule has 1 atom stereocenters. The summed E-state index contributed by atoms with van der Waals surface area (Å²) in [6.45, 7) is 0. The van der Waals surface area contributed by atoms with Gasteiger partial charge < -0.3 is 4.90 Å². The van der Waals surface area contributed by atoms with Crippen LogP contribution >= 0.6 is 23.2 Å². The third-order valence-electron chi connectivity index (χ3n) is 3.94. The maximum Gasteiger partial charge on any atom is 0.254 e. The van der Waals surface area contributed by atoms with Crippen LogP contribution in [0.5, 0.6) is 0 Å². The topological polar surface area (TPSA) is 54.5 Å². The Morgan fingerprint density at radius 3 is 2.33 bits per heavy atom. The zero-order chi connectivity index (χ0) is 15.2. The van der Waals surface area contributed by atoms with Gasteiger partial charge in [0, 0.05) is 17.6 Å². The van der Waals surface area contributed by atoms with E-state index in [1.54, 1.807) is 23.1 Å². The molecular formula is C14H15Cl2NO3S. The molecule has 1 heterocycles. The van der Waals surface area contributed by atoms with Gasteiger partial charge in [-0.15, -0.1) is 0 Å². The first-order valence-electron chi connectivity index (χ1n) is 6.85. The summed E-state index contributed by atoms with van der Waals surface area (Å²) in [6.07, 6.45) is 2.39. The molecule has 2 fully saturated rings. The van der Waals surface area contributed by atoms with E-state index in [2.05, 4.69) is 0 Å². The number of amides is 1. The number of carbonyl (C=O) groups excluding carboxylic acids is 1. The lowest BCUT2D eigenvalue weighted by Crippen LogP contribution is -2.42. The first-order valence-corrected chi connectivity index (χ1v) is 9.43. The molecule has 1 amide bonds. The van der Waals surface area contributed by atoms with E-state index < -0.39 is 9.84 Å². The van der Waals surface area contributed by atoms with Crippen LogP contribution in [0.25, 0.3) is 0 Å². The van der Waals surface area contributed by atoms with Crippen LogP contribution in [-0.2, 0) is 9.84 Å². The summed E-state index contributed by atoms with van der Waals surface area (Å²) >= 11 is 11.8. The largest absolute Gasteiger partial charge is 0.332 e. The van der Waals surface area contributed by atoms with Gasteiger partial charge in [0.15, 0.2) is 9.84 Å². The summed E-state index contributed by atoms with van der Waals surface area (Å²) in [5.41, 5.74) is 0.459. The molecular weight excluding hydrogens is 333 g/mol. The predicted molar refractivity (Wildman–Crippen MR) is 82.7 cm³/mol. The third-order valence-corrected chi connectivity index (χ3v) is 6.43. The van der Waals surface area contributed by atoms with Gasteiger partial charge in [-0.3, -0.25) is 4.79 Å². The van der Waals surface area contributed by atoms with E-state index >= 15 is 0 Å². The van der Waals surface area contributed by atoms with Gasteiger partial charge in [-0.05, 0) is 37.5 Å². The maximum absolute atomic E-state index is 12.7. The number of hydrogen-bond acceptors (Lipinski definition) is 3. The van der Waals surface area contributed by atoms with E-state index in [1.165, 1.54) is 0 Å². The maximum atomic E-state index is 12.7. The number of sulfone groups is 1. The van der Waals surface area contributed by atoms with Crippen LogP contribution in [0.4, 0.5) is 0 Å². The third kappa shape index (κ3) is 3.20. The molecule has 1 aromatic carbocycles. The SMILES string of the molecule is O=C(c1ccc(Cl)c(Cl)c1)N(C1CC1)C1CCS(=O)(=O)C1. The molecule has 1 aliphatic carbocycles. The minimum atomic E-state index is -3.02. The zero-order valence-corrected chi connectivity index (χ0v) is 13.6. The fourth-order valence-electron chi connectivity index (χ4n) is 2.76. The van der Waals surface area contributed by atoms with Crippen molar-refractivity contribution in [2.75, 3.05) is 11.5 Å². The average Bonchev–Trinajstić information content (AvgIpc) is 3.17. The Balaban J connectivity index is 1.87. The summed E-state index contributed by atoms with van der Waals surface area (Å²) < 4.78 is 23.3. The summed E-state index contributed by atoms with van der Waals surface area (Å²) in [5, 5.41) is 0.729. The van der Waals surface area contributed by atoms with E-state index in [0.717, 1.165) is 12.8 Å². The number of benzene rings is 1. The van der Waals surface area contributed by atoms with Crippen molar-refractivity contribution in [1.82, 2.24) is 4.90 Å². The van der Waals surface area contributed by atoms with Crippen LogP contribution in [0.15, 0.2) is 18.2 Å². The molecule has 1 aromatic rings. The quantitative estimate of drug-likeness (QED) is 0.844. The number of rotatable bonds is 3. The van der Waals surface area contributed by atoms with Crippen molar-refractivity contribution >= 4 is 38.9 Å². The molecule has 1 saturated carbocycles. The van der Waals surface area contributed by atoms with Crippen molar-refractivity contribution in [3.63, 3.8) is 0 Å². The van der Waals surface area contributed by atoms with Gasteiger partial charge in [-0.25, -0.2) is 8.42 Å². The first kappa shape index (κ1) is 15.1. The molecule has 1 unspecified atom stereocenters. The summed E-state index contributed by atoms with van der Waals surface area (Å²) in [4.78, 5) is 14.5. The highest BCUT2D eigenvalue weighted by atomic mass is 35.5. The van der Waals surface area contributed by atoms with Crippen molar-refractivity contribution in [3.05, 3.63) is 33.8 Å². The number of nitrogens with zero attached hydrogens (tertiary/aromatic N) is 1. The Kier molecular flexibility index (Phi) is 3.93. The molecule has 7 heteroatoms. The Hall–Kier alpha value is -0.780. The van der Waals surface area contributed by atoms with Crippen molar-refractivity contribution in [3.8, 4) is 0 Å². The zero-order valence-electron chi connectivity index (χ0n) is 11.3. The molecule has 2 aliphatic rings. The van der Waals surface area contributed by atoms with E-state index in [9.17, 15) is 13.2 Å². The van der Waals surface area contributed by atoms with Gasteiger partial charge in [0.2, 0.25) is 0 Å². The Morgan fingerprint density at radius 1 is 1.10 bits per heavy atom. The van der Waals surface area contributed by atoms with Gasteiger partial charge >= 0.3 is 0 Å². The molecule has 0 aromatic heterocycles. The Morgan fingerprint density at radius 2 is 1.81 bits per heavy atom. The van der Waals surface area contributed by atoms with E-state index in [-0.39, 0.29) is 29.5 Å². The second-order valence-electron chi connectivity index (χ2n) is 5.63. The molecule has 3 rings (SSSR count). The Bertz CT molecular complexity index is 685. The second-order valence-corrected chi connectivity index (χ2v) is 8.67. The molecule has 0 spiro atoms. The van der Waals surface area contributed by atoms with Crippen molar-refractivity contribution < 1.29 is 13.2 Å². The number of halogens is 2. The molecule has 0 bridgehead atoms. The van der Waals surface area contributed by atoms with Gasteiger partial charge in [0.25, 0.3) is 5.91 Å². The van der Waals surface area contributed by atoms with Gasteiger partial charge in [-0.2, -0.15) is 0 Å². The molecule has 1 saturated heterocycles. The van der Waals surface area contributed by atoms with E-state index in [0.29, 0.717) is 22.0 Å². The highest BCUT2D eigenvalue weighted by Gasteiger charge is 2.42. The van der Waals surface area contributed by atoms with E-state index in [1.807, 2.05) is 0 Å². The summed E-state index contributed by atoms with van der Waals surface area (Å²) in [5.74, 6) is 0.0738. The van der Waals surface area contributed by atoms with Gasteiger partial charge in [-0.1, -0.05) is 23.2 Å². The Labute approximate surface area is 133 Å². The van der Waals surface area contributed by atoms with Crippen LogP contribution in [-0.4, -0.2) is 42.8 Å². The van der Waals surface area contributed by atoms with Crippen molar-refractivity contribution in [2.45, 2.75) is 31.3 Å². The normalized spacial score (nSPS) is 24.0. The monoisotopic (exact) mass is 347 g/mol. The highest BCUT2D eigenvalue weighted by Crippen LogP contribution is 2.34. The van der Waals surface area contributed by atoms with E-state index in [4.69, 9.17) is 23.2 Å². The average molecular weight is 348 g/mol. The smallest absolute Gasteiger partial charge is 0.254 e. The second kappa shape index (κ2) is 5.45. The van der Waals surface area contributed by atoms with Gasteiger partial charge in [0.1, 0.15) is 0 Å². The summed E-state index contributed by atoms with van der Waals surface area (Å²) in [7, 11) is -3.02. The minimum absolute atomic E-state index is 0.0660. The summed E-state index contributed by atoms with van der Waals surface area (Å²) in [6, 6.07) is 4.71. The highest BCUT2D eigenvalue weighted by molar-refractivity contribution is 7.91. The van der Waals surface area contributed by atoms with Gasteiger partial charge in [0.05, 0.1) is 21.6 Å². The van der Waals surface area contributed by atoms with Crippen LogP contribution in [0, 0.1) is 0 Å². The van der Waals surface area contributed by atoms with Crippen molar-refractivity contribution in [1.29, 1.82) is 0 Å². The molecule has 0 radical (unpaired) electrons. The lowest BCUT2D eigenvalue weighted by molar-refractivity contribution is 0.0681. The first-order chi connectivity index (χ1) is 9.87. The van der Waals surface area contributed by atoms with Crippen LogP contribution in [0.1, 0.15) is 29.6 Å². The van der Waals surface area contributed by atoms with Crippen molar-refractivity contribution in [2.24, 2.45) is 0 Å². The minimum Gasteiger partial charge on any atom is -0.332 e. The molecule has 0 N–H and O–H groups in total. The number of hydrogen-bond donors (Lipinski definition) is 0. The lowest BCUT2D eigenvalue weighted by atomic mass is 10.1. The molecule has 4 nitrogen and oxygen atoms in total. The molecule has 114 valence electrons. The molecule has 21 heavy (non-hydrogen) atoms. The fourth-order valence-corrected chi connectivity index (χ4v) is 4.76. The van der Waals surface area contributed by atoms with Crippen LogP contribution in [0.3, 0.4) is 0 Å². The standard InChI is InChI=1S/C14H15Cl2NO3S/c15-12-4-1-9(7-13(12)16)14(18)17(10-2-3-10)11-5-6-21(19,20)8-11/h1,4,7,10-11H,2-3,5-6,8H2. The number of carbonyl (C=O) groups is 1. The molecule has 1 aliphatic heterocycles. The predicted octanol–water partition coefficient (Wildman–Crippen LogP) is 2.79. The lowest BCUT2D eigenvalue weighted by Gasteiger charge is -2.28.